The third kappa shape index (κ3) is 6.10. The molecule has 4 atom stereocenters. The number of hydrogen-bond acceptors (Lipinski definition) is 10. The molecule has 0 spiro atoms. The minimum absolute atomic E-state index is 0.0903. The summed E-state index contributed by atoms with van der Waals surface area (Å²) in [7, 11) is 0. The van der Waals surface area contributed by atoms with Gasteiger partial charge in [-0.1, -0.05) is 18.8 Å². The highest BCUT2D eigenvalue weighted by Crippen LogP contribution is 2.33. The first-order valence-electron chi connectivity index (χ1n) is 14.6. The number of carbonyl (C=O) groups is 2. The number of imidazole rings is 1. The Kier molecular flexibility index (Phi) is 7.96. The fourth-order valence-corrected chi connectivity index (χ4v) is 5.85. The Morgan fingerprint density at radius 3 is 2.56 bits per heavy atom. The number of fused-ring (bicyclic) bond motifs is 1. The van der Waals surface area contributed by atoms with Gasteiger partial charge in [-0.3, -0.25) is 9.36 Å². The first kappa shape index (κ1) is 27.7. The second kappa shape index (κ2) is 11.8. The van der Waals surface area contributed by atoms with Gasteiger partial charge in [-0.15, -0.1) is 0 Å². The Labute approximate surface area is 237 Å². The molecule has 0 bridgehead atoms. The van der Waals surface area contributed by atoms with Crippen molar-refractivity contribution in [2.75, 3.05) is 25.4 Å². The molecule has 13 nitrogen and oxygen atoms in total. The number of rotatable bonds is 6. The summed E-state index contributed by atoms with van der Waals surface area (Å²) in [4.78, 5) is 39.7. The van der Waals surface area contributed by atoms with Gasteiger partial charge in [-0.05, 0) is 56.3 Å². The molecule has 6 rings (SSSR count). The molecule has 4 fully saturated rings. The average molecular weight is 568 g/mol. The molecular weight excluding hydrogens is 530 g/mol. The van der Waals surface area contributed by atoms with Gasteiger partial charge in [0.2, 0.25) is 5.82 Å². The minimum atomic E-state index is -1.41. The van der Waals surface area contributed by atoms with Crippen LogP contribution in [-0.2, 0) is 14.3 Å². The summed E-state index contributed by atoms with van der Waals surface area (Å²) in [6.45, 7) is 1.83. The molecule has 2 aromatic heterocycles. The number of piperidine rings is 1. The minimum Gasteiger partial charge on any atom is -0.449 e. The highest BCUT2D eigenvalue weighted by molar-refractivity contribution is 5.83. The van der Waals surface area contributed by atoms with E-state index in [1.54, 1.807) is 4.90 Å². The number of hydrogen-bond donors (Lipinski definition) is 4. The molecule has 2 saturated heterocycles. The molecule has 2 aromatic rings. The van der Waals surface area contributed by atoms with Crippen LogP contribution in [0.25, 0.3) is 11.2 Å². The van der Waals surface area contributed by atoms with Crippen molar-refractivity contribution >= 4 is 29.0 Å². The summed E-state index contributed by atoms with van der Waals surface area (Å²) in [6, 6.07) is 0.0903. The number of aromatic nitrogens is 4. The van der Waals surface area contributed by atoms with E-state index in [1.807, 2.05) is 0 Å². The number of amides is 2. The van der Waals surface area contributed by atoms with Crippen LogP contribution in [-0.4, -0.2) is 90.7 Å². The predicted octanol–water partition coefficient (Wildman–Crippen LogP) is 1.09. The van der Waals surface area contributed by atoms with Crippen LogP contribution in [0, 0.1) is 23.7 Å². The zero-order valence-electron chi connectivity index (χ0n) is 22.9. The molecule has 2 saturated carbocycles. The number of likely N-dealkylation sites (tertiary alicyclic amines) is 1. The number of ether oxygens (including phenoxy) is 2. The van der Waals surface area contributed by atoms with Gasteiger partial charge >= 0.3 is 6.09 Å². The number of carbonyl (C=O) groups excluding carboxylic acids is 2. The fraction of sp³-hybridized carbons (Fsp3) is 0.679. The molecule has 5 N–H and O–H groups in total. The summed E-state index contributed by atoms with van der Waals surface area (Å²) in [5.74, 6) is 6.84. The Morgan fingerprint density at radius 1 is 1.07 bits per heavy atom. The zero-order valence-corrected chi connectivity index (χ0v) is 22.9. The van der Waals surface area contributed by atoms with Gasteiger partial charge in [0.05, 0.1) is 12.9 Å². The number of nitrogens with two attached hydrogens (primary N) is 1. The SMILES string of the molecule is Nc1nc(C#CCC2CCN(C(=O)OCC3CCCC3)CC2)nc2c1ncn2[C@@H]1O[C@H](C(=O)NC2CC2)[C@H](O)C1O. The zero-order chi connectivity index (χ0) is 28.5. The lowest BCUT2D eigenvalue weighted by Crippen LogP contribution is -2.43. The highest BCUT2D eigenvalue weighted by Gasteiger charge is 2.48. The first-order valence-corrected chi connectivity index (χ1v) is 14.6. The van der Waals surface area contributed by atoms with Crippen LogP contribution in [0.15, 0.2) is 6.33 Å². The van der Waals surface area contributed by atoms with E-state index in [0.29, 0.717) is 43.5 Å². The van der Waals surface area contributed by atoms with E-state index in [-0.39, 0.29) is 29.4 Å². The van der Waals surface area contributed by atoms with Crippen LogP contribution in [0.1, 0.15) is 69.8 Å². The maximum atomic E-state index is 12.5. The standard InChI is InChI=1S/C28H37N7O6/c29-24-20-25(35(15-30-20)27-22(37)21(36)23(41-27)26(38)31-18-8-9-18)33-19(32-24)7-3-6-16-10-12-34(13-11-16)28(39)40-14-17-4-1-2-5-17/h15-18,21-23,27,36-37H,1-2,4-6,8-14H2,(H,31,38)(H2,29,32,33)/t21-,22?,23+,27-/m1/s1. The maximum absolute atomic E-state index is 12.5. The molecule has 4 aliphatic rings. The van der Waals surface area contributed by atoms with Gasteiger partial charge in [0, 0.05) is 25.6 Å². The monoisotopic (exact) mass is 567 g/mol. The topological polar surface area (TPSA) is 178 Å². The second-order valence-electron chi connectivity index (χ2n) is 11.6. The van der Waals surface area contributed by atoms with Crippen LogP contribution < -0.4 is 11.1 Å². The Balaban J connectivity index is 1.06. The summed E-state index contributed by atoms with van der Waals surface area (Å²) in [5.41, 5.74) is 6.72. The van der Waals surface area contributed by atoms with Gasteiger partial charge in [0.1, 0.15) is 17.7 Å². The van der Waals surface area contributed by atoms with Crippen molar-refractivity contribution in [2.24, 2.45) is 11.8 Å². The van der Waals surface area contributed by atoms with Crippen LogP contribution in [0.2, 0.25) is 0 Å². The van der Waals surface area contributed by atoms with Gasteiger partial charge < -0.3 is 35.6 Å². The van der Waals surface area contributed by atoms with Crippen molar-refractivity contribution < 1.29 is 29.3 Å². The summed E-state index contributed by atoms with van der Waals surface area (Å²) < 4.78 is 12.8. The van der Waals surface area contributed by atoms with Crippen LogP contribution >= 0.6 is 0 Å². The van der Waals surface area contributed by atoms with Crippen LogP contribution in [0.4, 0.5) is 10.6 Å². The van der Waals surface area contributed by atoms with Crippen molar-refractivity contribution in [2.45, 2.75) is 88.4 Å². The predicted molar refractivity (Wildman–Crippen MR) is 146 cm³/mol. The summed E-state index contributed by atoms with van der Waals surface area (Å²) >= 11 is 0. The highest BCUT2D eigenvalue weighted by atomic mass is 16.6. The Hall–Kier alpha value is -3.47. The lowest BCUT2D eigenvalue weighted by Gasteiger charge is -2.30. The van der Waals surface area contributed by atoms with Gasteiger partial charge in [-0.2, -0.15) is 0 Å². The van der Waals surface area contributed by atoms with E-state index < -0.39 is 30.4 Å². The number of nitrogen functional groups attached to an aromatic ring is 1. The average Bonchev–Trinajstić information content (AvgIpc) is 3.32. The third-order valence-corrected chi connectivity index (χ3v) is 8.52. The summed E-state index contributed by atoms with van der Waals surface area (Å²) in [6.07, 6.45) is 4.94. The number of anilines is 1. The lowest BCUT2D eigenvalue weighted by atomic mass is 9.94. The normalized spacial score (nSPS) is 27.1. The molecule has 2 amide bonds. The van der Waals surface area contributed by atoms with Crippen molar-refractivity contribution in [3.63, 3.8) is 0 Å². The molecule has 220 valence electrons. The van der Waals surface area contributed by atoms with Gasteiger partial charge in [-0.25, -0.2) is 19.7 Å². The van der Waals surface area contributed by atoms with Crippen molar-refractivity contribution in [3.05, 3.63) is 12.2 Å². The quantitative estimate of drug-likeness (QED) is 0.369. The molecule has 41 heavy (non-hydrogen) atoms. The van der Waals surface area contributed by atoms with Crippen LogP contribution in [0.5, 0.6) is 0 Å². The number of nitrogens with zero attached hydrogens (tertiary/aromatic N) is 5. The molecule has 13 heteroatoms. The molecule has 2 aliphatic heterocycles. The van der Waals surface area contributed by atoms with Crippen molar-refractivity contribution in [1.82, 2.24) is 29.7 Å². The maximum Gasteiger partial charge on any atom is 0.409 e. The van der Waals surface area contributed by atoms with E-state index in [2.05, 4.69) is 32.1 Å². The van der Waals surface area contributed by atoms with E-state index in [9.17, 15) is 19.8 Å². The Morgan fingerprint density at radius 2 is 1.83 bits per heavy atom. The summed E-state index contributed by atoms with van der Waals surface area (Å²) in [5, 5.41) is 24.0. The molecule has 4 heterocycles. The molecule has 0 radical (unpaired) electrons. The van der Waals surface area contributed by atoms with Gasteiger partial charge in [0.15, 0.2) is 23.8 Å². The molecular formula is C28H37N7O6. The van der Waals surface area contributed by atoms with Crippen molar-refractivity contribution in [3.8, 4) is 11.8 Å². The number of nitrogens with one attached hydrogen (secondary N) is 1. The Bertz CT molecular complexity index is 1340. The van der Waals surface area contributed by atoms with E-state index >= 15 is 0 Å². The lowest BCUT2D eigenvalue weighted by molar-refractivity contribution is -0.137. The number of aliphatic hydroxyl groups is 2. The molecule has 1 unspecified atom stereocenters. The van der Waals surface area contributed by atoms with Gasteiger partial charge in [0.25, 0.3) is 5.91 Å². The van der Waals surface area contributed by atoms with Crippen LogP contribution in [0.3, 0.4) is 0 Å². The van der Waals surface area contributed by atoms with E-state index in [1.165, 1.54) is 23.7 Å². The van der Waals surface area contributed by atoms with Crippen molar-refractivity contribution in [1.29, 1.82) is 0 Å². The molecule has 0 aromatic carbocycles. The second-order valence-corrected chi connectivity index (χ2v) is 11.6. The molecule has 2 aliphatic carbocycles. The van der Waals surface area contributed by atoms with E-state index in [0.717, 1.165) is 38.5 Å². The third-order valence-electron chi connectivity index (χ3n) is 8.52. The van der Waals surface area contributed by atoms with E-state index in [4.69, 9.17) is 15.2 Å². The smallest absolute Gasteiger partial charge is 0.409 e. The fourth-order valence-electron chi connectivity index (χ4n) is 5.85. The first-order chi connectivity index (χ1) is 19.9. The largest absolute Gasteiger partial charge is 0.449 e. The number of aliphatic hydroxyl groups excluding tert-OH is 2.